The quantitative estimate of drug-likeness (QED) is 0.0176. The predicted molar refractivity (Wildman–Crippen MR) is 378 cm³/mol. The number of hydrogen-bond acceptors (Lipinski definition) is 23. The Morgan fingerprint density at radius 1 is 0.422 bits per heavy atom. The molecule has 0 saturated carbocycles. The van der Waals surface area contributed by atoms with Gasteiger partial charge in [0.25, 0.3) is 0 Å². The Morgan fingerprint density at radius 3 is 0.951 bits per heavy atom. The Bertz CT molecular complexity index is 2700. The number of nitrogens with two attached hydrogens (primary N) is 2. The molecule has 0 radical (unpaired) electrons. The molecule has 570 valence electrons. The molecule has 0 saturated heterocycles. The molecule has 0 heterocycles. The molecule has 0 aliphatic carbocycles. The molecule has 0 fully saturated rings. The van der Waals surface area contributed by atoms with E-state index in [1.54, 1.807) is 100 Å². The number of aliphatic carboxylic acids is 1. The third kappa shape index (κ3) is 123. The number of nitrogens with one attached hydrogen (secondary N) is 6. The van der Waals surface area contributed by atoms with E-state index in [9.17, 15) is 47.9 Å². The molecule has 0 rings (SSSR count). The summed E-state index contributed by atoms with van der Waals surface area (Å²) in [6.45, 7) is 23.6. The number of carbonyl (C=O) groups excluding carboxylic acids is 19. The third-order valence-corrected chi connectivity index (χ3v) is 10.4. The van der Waals surface area contributed by atoms with Crippen LogP contribution in [-0.2, 0) is 95.8 Å². The van der Waals surface area contributed by atoms with Crippen molar-refractivity contribution in [1.29, 1.82) is 0 Å². The average Bonchev–Trinajstić information content (AvgIpc) is 0.968. The molecule has 0 aromatic rings. The number of hydrogen-bond donors (Lipinski definition) is 9. The molecular weight excluding hydrogens is 1330 g/mol. The number of amides is 6. The van der Waals surface area contributed by atoms with Gasteiger partial charge in [-0.05, 0) is 165 Å². The highest BCUT2D eigenvalue weighted by Crippen LogP contribution is 2.08. The van der Waals surface area contributed by atoms with Crippen LogP contribution in [0.4, 0.5) is 4.79 Å². The summed E-state index contributed by atoms with van der Waals surface area (Å²) >= 11 is 0. The molecule has 0 spiro atoms. The van der Waals surface area contributed by atoms with Gasteiger partial charge in [-0.25, -0.2) is 9.59 Å². The molecule has 0 aromatic carbocycles. The fraction of sp³-hybridized carbons (Fsp3) is 0.486. The standard InChI is InChI=1S/C32H48N2O3.C15H26N2O4.C10H18N2O2.C6H12N2O.C4H6O2.5CO2/c1-4-6-7-8-9-10-11-12-13-14-15-16-17-18-19-20-21-22-23-27-32(37)34-29(3)30(35)26-24-28-33-31(36)25-5-2;1-6-8-13(19)16-10-7-9-12(18)11(2)17-14(20)21-15(3,4)5;1-3-5-10(14)12-7-4-6-9(13)8(2)11;1-2-3-6(9)8-5-4-7;1-2-3-4(5)6;5*2-1-3/h5-7,9-10,12-13,15-16,18-19,21-22,25,29H,4,8,11,14,17,20,23-24,26-28H2,1-3H3,(H,33,36)(H,34,37);6,8,11H,7,9-10H2,1-5H3,(H,16,19)(H,17,20);3,5,8H,4,6-7,11H2,1-2H3,(H,12,14);2-3H,4-5,7H2,1H3,(H,8,9);2-3H,1H3,(H,5,6);;;;;/b7-6-,10-9-,13-12-,16-15-,19-18-,22-21-,25-5+;8-6+;5-3+;2*3-2+;;;;;/t29-;11-;8-;;;;;;;/m000......./s1. The van der Waals surface area contributed by atoms with Crippen molar-refractivity contribution < 1.29 is 106 Å². The Hall–Kier alpha value is -10.9. The second-order valence-corrected chi connectivity index (χ2v) is 20.3. The summed E-state index contributed by atoms with van der Waals surface area (Å²) in [6, 6.07) is -1.52. The van der Waals surface area contributed by atoms with Crippen LogP contribution in [0, 0.1) is 0 Å². The summed E-state index contributed by atoms with van der Waals surface area (Å²) < 4.78 is 5.08. The predicted octanol–water partition coefficient (Wildman–Crippen LogP) is 6.69. The van der Waals surface area contributed by atoms with Gasteiger partial charge in [0.15, 0.2) is 11.6 Å². The van der Waals surface area contributed by atoms with Crippen molar-refractivity contribution in [2.24, 2.45) is 11.5 Å². The van der Waals surface area contributed by atoms with E-state index in [0.717, 1.165) is 44.6 Å². The first-order valence-electron chi connectivity index (χ1n) is 32.1. The zero-order valence-electron chi connectivity index (χ0n) is 61.0. The minimum absolute atomic E-state index is 0.0254. The van der Waals surface area contributed by atoms with Crippen molar-refractivity contribution in [2.45, 2.75) is 197 Å². The zero-order chi connectivity index (χ0) is 80.5. The topological polar surface area (TPSA) is 495 Å². The third-order valence-electron chi connectivity index (χ3n) is 10.4. The smallest absolute Gasteiger partial charge is 0.408 e. The fourth-order valence-corrected chi connectivity index (χ4v) is 6.08. The van der Waals surface area contributed by atoms with Crippen LogP contribution in [0.2, 0.25) is 0 Å². The Morgan fingerprint density at radius 2 is 0.696 bits per heavy atom. The van der Waals surface area contributed by atoms with Gasteiger partial charge >= 0.3 is 42.8 Å². The number of ether oxygens (including phenoxy) is 1. The van der Waals surface area contributed by atoms with Crippen molar-refractivity contribution in [3.8, 4) is 0 Å². The van der Waals surface area contributed by atoms with Crippen LogP contribution in [0.1, 0.15) is 173 Å². The lowest BCUT2D eigenvalue weighted by Crippen LogP contribution is -2.41. The summed E-state index contributed by atoms with van der Waals surface area (Å²) in [5.74, 6) is -1.65. The normalized spacial score (nSPS) is 11.1. The second-order valence-electron chi connectivity index (χ2n) is 20.3. The molecule has 11 N–H and O–H groups in total. The lowest BCUT2D eigenvalue weighted by Gasteiger charge is -2.21. The Kier molecular flexibility index (Phi) is 104. The van der Waals surface area contributed by atoms with Gasteiger partial charge in [0.1, 0.15) is 11.4 Å². The maximum absolute atomic E-state index is 12.1. The van der Waals surface area contributed by atoms with Gasteiger partial charge in [-0.3, -0.25) is 38.4 Å². The number of allylic oxidation sites excluding steroid dienone is 17. The SMILES string of the molecule is C/C=C/C(=O)NCCCC(=O)[C@H](C)N.C/C=C/C(=O)NCCCC(=O)[C@H](C)NC(=O)CC/C=C\C/C=C\C/C=C\C/C=C\C/C=C\C/C=C\CC.C/C=C/C(=O)NCCCC(=O)[C@H](C)NC(=O)OC(C)(C)C.C/C=C/C(=O)NCCN.C/C=C/C(=O)O.O=C=O.O=C=O.O=C=O.O=C=O.O=C=O. The van der Waals surface area contributed by atoms with Crippen molar-refractivity contribution in [3.63, 3.8) is 0 Å². The van der Waals surface area contributed by atoms with E-state index in [4.69, 9.17) is 69.3 Å². The number of ketones is 3. The molecule has 0 aromatic heterocycles. The highest BCUT2D eigenvalue weighted by Gasteiger charge is 2.21. The van der Waals surface area contributed by atoms with E-state index < -0.39 is 35.8 Å². The van der Waals surface area contributed by atoms with Gasteiger partial charge in [-0.1, -0.05) is 110 Å². The van der Waals surface area contributed by atoms with Crippen LogP contribution in [0.15, 0.2) is 134 Å². The Labute approximate surface area is 599 Å². The highest BCUT2D eigenvalue weighted by molar-refractivity contribution is 5.90. The number of alkyl carbamates (subject to hydrolysis) is 1. The molecule has 3 atom stereocenters. The minimum atomic E-state index is -0.891. The number of carboxylic acids is 1. The molecule has 6 amide bonds. The number of rotatable bonds is 38. The van der Waals surface area contributed by atoms with Crippen LogP contribution in [-0.4, -0.2) is 151 Å². The van der Waals surface area contributed by atoms with Crippen LogP contribution in [0.3, 0.4) is 0 Å². The summed E-state index contributed by atoms with van der Waals surface area (Å²) in [7, 11) is 0. The molecule has 102 heavy (non-hydrogen) atoms. The molecule has 30 nitrogen and oxygen atoms in total. The summed E-state index contributed by atoms with van der Waals surface area (Å²) in [5.41, 5.74) is 9.92. The van der Waals surface area contributed by atoms with Crippen LogP contribution < -0.4 is 43.4 Å². The number of Topliss-reactive ketones (excluding diaryl/α,β-unsaturated/α-hetero) is 3. The summed E-state index contributed by atoms with van der Waals surface area (Å²) in [4.78, 5) is 193. The van der Waals surface area contributed by atoms with Crippen LogP contribution >= 0.6 is 0 Å². The van der Waals surface area contributed by atoms with E-state index in [0.29, 0.717) is 77.7 Å². The van der Waals surface area contributed by atoms with Crippen molar-refractivity contribution in [3.05, 3.63) is 134 Å². The number of carboxylic acid groups (broad SMARTS) is 1. The van der Waals surface area contributed by atoms with E-state index in [-0.39, 0.29) is 84.1 Å². The summed E-state index contributed by atoms with van der Waals surface area (Å²) in [5, 5.41) is 23.7. The van der Waals surface area contributed by atoms with E-state index in [2.05, 4.69) is 106 Å². The van der Waals surface area contributed by atoms with Gasteiger partial charge in [0.2, 0.25) is 29.5 Å². The molecule has 0 aliphatic heterocycles. The minimum Gasteiger partial charge on any atom is -0.478 e. The van der Waals surface area contributed by atoms with Gasteiger partial charge in [-0.15, -0.1) is 0 Å². The maximum Gasteiger partial charge on any atom is 0.408 e. The van der Waals surface area contributed by atoms with E-state index >= 15 is 0 Å². The lowest BCUT2D eigenvalue weighted by atomic mass is 10.1. The van der Waals surface area contributed by atoms with Crippen molar-refractivity contribution in [1.82, 2.24) is 31.9 Å². The first kappa shape index (κ1) is 112. The van der Waals surface area contributed by atoms with Crippen LogP contribution in [0.5, 0.6) is 0 Å². The van der Waals surface area contributed by atoms with Gasteiger partial charge in [-0.2, -0.15) is 47.9 Å². The van der Waals surface area contributed by atoms with Gasteiger partial charge in [0.05, 0.1) is 18.1 Å². The van der Waals surface area contributed by atoms with Crippen molar-refractivity contribution in [2.75, 3.05) is 32.7 Å². The fourth-order valence-electron chi connectivity index (χ4n) is 6.08. The maximum atomic E-state index is 12.1. The van der Waals surface area contributed by atoms with Crippen LogP contribution in [0.25, 0.3) is 0 Å². The second kappa shape index (κ2) is 94.2. The molecular formula is C72H110N8O22. The lowest BCUT2D eigenvalue weighted by molar-refractivity contribution is -0.193. The monoisotopic (exact) mass is 1440 g/mol. The molecule has 30 heteroatoms. The highest BCUT2D eigenvalue weighted by atomic mass is 16.6. The molecule has 0 bridgehead atoms. The van der Waals surface area contributed by atoms with Gasteiger partial charge < -0.3 is 53.2 Å². The average molecular weight is 1440 g/mol. The first-order chi connectivity index (χ1) is 48.4. The molecule has 0 unspecified atom stereocenters. The van der Waals surface area contributed by atoms with Gasteiger partial charge in [0, 0.05) is 64.5 Å². The zero-order valence-corrected chi connectivity index (χ0v) is 61.0. The molecule has 0 aliphatic rings. The first-order valence-corrected chi connectivity index (χ1v) is 32.1. The largest absolute Gasteiger partial charge is 0.478 e. The summed E-state index contributed by atoms with van der Waals surface area (Å²) in [6.07, 6.45) is 51.1. The number of carbonyl (C=O) groups is 10. The van der Waals surface area contributed by atoms with E-state index in [1.165, 1.54) is 30.4 Å². The van der Waals surface area contributed by atoms with E-state index in [1.807, 2.05) is 6.08 Å². The Balaban J connectivity index is -0.000000137. The van der Waals surface area contributed by atoms with Crippen molar-refractivity contribution >= 4 is 89.7 Å².